The molecule has 5 heteroatoms. The quantitative estimate of drug-likeness (QED) is 0.429. The molecule has 9 heavy (non-hydrogen) atoms. The molecule has 56 valence electrons. The fourth-order valence-corrected chi connectivity index (χ4v) is 0.714. The van der Waals surface area contributed by atoms with Gasteiger partial charge in [-0.15, -0.1) is 0 Å². The molecule has 2 N–H and O–H groups in total. The molecule has 0 amide bonds. The zero-order valence-electron chi connectivity index (χ0n) is 5.33. The minimum Gasteiger partial charge on any atom is -0.330 e. The van der Waals surface area contributed by atoms with Crippen molar-refractivity contribution in [1.82, 2.24) is 0 Å². The molecule has 0 fully saturated rings. The monoisotopic (exact) mass is 153 g/mol. The highest BCUT2D eigenvalue weighted by atomic mass is 32.2. The summed E-state index contributed by atoms with van der Waals surface area (Å²) in [5, 5.41) is 0. The average molecular weight is 153 g/mol. The van der Waals surface area contributed by atoms with Crippen LogP contribution in [0.5, 0.6) is 0 Å². The van der Waals surface area contributed by atoms with E-state index >= 15 is 0 Å². The maximum absolute atomic E-state index is 10.2. The van der Waals surface area contributed by atoms with Gasteiger partial charge in [0.1, 0.15) is 0 Å². The molecule has 0 bridgehead atoms. The van der Waals surface area contributed by atoms with E-state index in [1.807, 2.05) is 0 Å². The lowest BCUT2D eigenvalue weighted by atomic mass is 10.5. The van der Waals surface area contributed by atoms with Crippen LogP contribution in [0.3, 0.4) is 0 Å². The second-order valence-corrected chi connectivity index (χ2v) is 3.31. The summed E-state index contributed by atoms with van der Waals surface area (Å²) >= 11 is 0. The van der Waals surface area contributed by atoms with Crippen LogP contribution in [0, 0.1) is 0 Å². The lowest BCUT2D eigenvalue weighted by Gasteiger charge is -1.96. The molecular formula is C4H11NO3S. The summed E-state index contributed by atoms with van der Waals surface area (Å²) in [4.78, 5) is 0. The lowest BCUT2D eigenvalue weighted by Crippen LogP contribution is -2.08. The lowest BCUT2D eigenvalue weighted by molar-refractivity contribution is 0.318. The Kier molecular flexibility index (Phi) is 3.76. The third-order valence-electron chi connectivity index (χ3n) is 0.646. The van der Waals surface area contributed by atoms with Crippen molar-refractivity contribution < 1.29 is 12.6 Å². The van der Waals surface area contributed by atoms with Crippen molar-refractivity contribution >= 4 is 10.1 Å². The minimum atomic E-state index is -3.25. The molecule has 0 atom stereocenters. The summed E-state index contributed by atoms with van der Waals surface area (Å²) in [6.07, 6.45) is 1.59. The normalized spacial score (nSPS) is 11.8. The number of rotatable bonds is 4. The summed E-state index contributed by atoms with van der Waals surface area (Å²) in [5.41, 5.74) is 5.08. The van der Waals surface area contributed by atoms with Crippen molar-refractivity contribution in [3.63, 3.8) is 0 Å². The Hall–Kier alpha value is -0.130. The largest absolute Gasteiger partial charge is 0.330 e. The molecule has 0 heterocycles. The summed E-state index contributed by atoms with van der Waals surface area (Å²) in [6, 6.07) is 0. The zero-order valence-corrected chi connectivity index (χ0v) is 6.15. The zero-order chi connectivity index (χ0) is 7.33. The van der Waals surface area contributed by atoms with Crippen molar-refractivity contribution in [2.75, 3.05) is 19.4 Å². The van der Waals surface area contributed by atoms with Crippen molar-refractivity contribution in [2.24, 2.45) is 5.73 Å². The van der Waals surface area contributed by atoms with Crippen LogP contribution in [-0.4, -0.2) is 27.8 Å². The standard InChI is InChI=1S/C4H11NO3S/c1-9(6,7)8-4-2-3-5/h2-5H2,1H3. The molecular weight excluding hydrogens is 142 g/mol. The van der Waals surface area contributed by atoms with E-state index in [2.05, 4.69) is 4.18 Å². The Morgan fingerprint density at radius 1 is 1.56 bits per heavy atom. The van der Waals surface area contributed by atoms with Crippen molar-refractivity contribution in [3.8, 4) is 0 Å². The van der Waals surface area contributed by atoms with E-state index in [1.165, 1.54) is 0 Å². The SMILES string of the molecule is CS(=O)(=O)OCCCN. The van der Waals surface area contributed by atoms with E-state index in [9.17, 15) is 8.42 Å². The fourth-order valence-electron chi connectivity index (χ4n) is 0.294. The average Bonchev–Trinajstić information content (AvgIpc) is 1.63. The summed E-state index contributed by atoms with van der Waals surface area (Å²) in [7, 11) is -3.25. The van der Waals surface area contributed by atoms with Gasteiger partial charge in [0.05, 0.1) is 12.9 Å². The van der Waals surface area contributed by atoms with Gasteiger partial charge in [-0.05, 0) is 13.0 Å². The van der Waals surface area contributed by atoms with Crippen molar-refractivity contribution in [2.45, 2.75) is 6.42 Å². The highest BCUT2D eigenvalue weighted by Crippen LogP contribution is 1.86. The summed E-state index contributed by atoms with van der Waals surface area (Å²) in [6.45, 7) is 0.644. The van der Waals surface area contributed by atoms with E-state index in [1.54, 1.807) is 0 Å². The Morgan fingerprint density at radius 2 is 2.11 bits per heavy atom. The second-order valence-electron chi connectivity index (χ2n) is 1.67. The first kappa shape index (κ1) is 8.87. The maximum Gasteiger partial charge on any atom is 0.264 e. The van der Waals surface area contributed by atoms with Crippen molar-refractivity contribution in [3.05, 3.63) is 0 Å². The van der Waals surface area contributed by atoms with Gasteiger partial charge in [-0.2, -0.15) is 8.42 Å². The Balaban J connectivity index is 3.30. The molecule has 0 aliphatic heterocycles. The van der Waals surface area contributed by atoms with Gasteiger partial charge in [0.25, 0.3) is 10.1 Å². The van der Waals surface area contributed by atoms with Crippen LogP contribution in [0.25, 0.3) is 0 Å². The van der Waals surface area contributed by atoms with E-state index in [4.69, 9.17) is 5.73 Å². The number of hydrogen-bond acceptors (Lipinski definition) is 4. The highest BCUT2D eigenvalue weighted by Gasteiger charge is 1.98. The van der Waals surface area contributed by atoms with Crippen LogP contribution >= 0.6 is 0 Å². The number of hydrogen-bond donors (Lipinski definition) is 1. The molecule has 0 aliphatic rings. The first-order valence-electron chi connectivity index (χ1n) is 2.61. The van der Waals surface area contributed by atoms with Gasteiger partial charge < -0.3 is 5.73 Å². The molecule has 4 nitrogen and oxygen atoms in total. The third kappa shape index (κ3) is 7.87. The molecule has 0 aromatic rings. The predicted octanol–water partition coefficient (Wildman–Crippen LogP) is -0.689. The van der Waals surface area contributed by atoms with Crippen LogP contribution in [0.2, 0.25) is 0 Å². The molecule has 0 spiro atoms. The molecule has 0 saturated heterocycles. The third-order valence-corrected chi connectivity index (χ3v) is 1.24. The van der Waals surface area contributed by atoms with Crippen LogP contribution in [0.1, 0.15) is 6.42 Å². The molecule has 0 aliphatic carbocycles. The molecule has 0 aromatic heterocycles. The van der Waals surface area contributed by atoms with E-state index in [0.29, 0.717) is 13.0 Å². The Labute approximate surface area is 55.1 Å². The smallest absolute Gasteiger partial charge is 0.264 e. The Bertz CT molecular complexity index is 151. The molecule has 0 radical (unpaired) electrons. The van der Waals surface area contributed by atoms with Crippen LogP contribution in [0.4, 0.5) is 0 Å². The van der Waals surface area contributed by atoms with Gasteiger partial charge in [0.15, 0.2) is 0 Å². The van der Waals surface area contributed by atoms with Crippen LogP contribution in [-0.2, 0) is 14.3 Å². The first-order valence-corrected chi connectivity index (χ1v) is 4.42. The van der Waals surface area contributed by atoms with E-state index in [0.717, 1.165) is 6.26 Å². The fraction of sp³-hybridized carbons (Fsp3) is 1.00. The van der Waals surface area contributed by atoms with Crippen molar-refractivity contribution in [1.29, 1.82) is 0 Å². The molecule has 0 unspecified atom stereocenters. The van der Waals surface area contributed by atoms with Crippen LogP contribution < -0.4 is 5.73 Å². The topological polar surface area (TPSA) is 69.4 Å². The minimum absolute atomic E-state index is 0.190. The van der Waals surface area contributed by atoms with E-state index in [-0.39, 0.29) is 6.61 Å². The Morgan fingerprint density at radius 3 is 2.44 bits per heavy atom. The molecule has 0 aromatic carbocycles. The number of nitrogens with two attached hydrogens (primary N) is 1. The first-order chi connectivity index (χ1) is 4.06. The molecule has 0 rings (SSSR count). The predicted molar refractivity (Wildman–Crippen MR) is 34.5 cm³/mol. The molecule has 0 saturated carbocycles. The van der Waals surface area contributed by atoms with Gasteiger partial charge in [-0.1, -0.05) is 0 Å². The van der Waals surface area contributed by atoms with Gasteiger partial charge in [-0.25, -0.2) is 0 Å². The van der Waals surface area contributed by atoms with Gasteiger partial charge >= 0.3 is 0 Å². The van der Waals surface area contributed by atoms with Gasteiger partial charge in [0.2, 0.25) is 0 Å². The summed E-state index contributed by atoms with van der Waals surface area (Å²) < 4.78 is 24.8. The highest BCUT2D eigenvalue weighted by molar-refractivity contribution is 7.85. The van der Waals surface area contributed by atoms with Gasteiger partial charge in [0, 0.05) is 0 Å². The second kappa shape index (κ2) is 3.81. The van der Waals surface area contributed by atoms with E-state index < -0.39 is 10.1 Å². The summed E-state index contributed by atoms with van der Waals surface area (Å²) in [5.74, 6) is 0. The van der Waals surface area contributed by atoms with Crippen LogP contribution in [0.15, 0.2) is 0 Å². The maximum atomic E-state index is 10.2. The van der Waals surface area contributed by atoms with Gasteiger partial charge in [-0.3, -0.25) is 4.18 Å².